The van der Waals surface area contributed by atoms with Gasteiger partial charge in [-0.1, -0.05) is 0 Å². The minimum Gasteiger partial charge on any atom is -0.370 e. The lowest BCUT2D eigenvalue weighted by atomic mass is 10.2. The molecule has 0 N–H and O–H groups in total. The zero-order valence-corrected chi connectivity index (χ0v) is 10.1. The molecular formula is C12H18N2S. The standard InChI is InChI=1S/C12H18N2S/c1-13-7-2-8-14(10-9-13)11-3-5-12(15)6-4-11/h3-6,15H,2,7-10H2,1H3. The summed E-state index contributed by atoms with van der Waals surface area (Å²) in [5, 5.41) is 0. The highest BCUT2D eigenvalue weighted by atomic mass is 32.1. The Kier molecular flexibility index (Phi) is 3.54. The van der Waals surface area contributed by atoms with E-state index in [1.807, 2.05) is 0 Å². The SMILES string of the molecule is CN1CCCN(c2ccc(S)cc2)CC1. The first-order valence-corrected chi connectivity index (χ1v) is 5.93. The molecule has 1 saturated heterocycles. The lowest BCUT2D eigenvalue weighted by Crippen LogP contribution is -2.28. The van der Waals surface area contributed by atoms with Gasteiger partial charge in [-0.3, -0.25) is 0 Å². The van der Waals surface area contributed by atoms with Gasteiger partial charge in [-0.25, -0.2) is 0 Å². The van der Waals surface area contributed by atoms with Crippen LogP contribution in [0.3, 0.4) is 0 Å². The molecule has 82 valence electrons. The Balaban J connectivity index is 2.06. The quantitative estimate of drug-likeness (QED) is 0.727. The summed E-state index contributed by atoms with van der Waals surface area (Å²) in [5.74, 6) is 0. The van der Waals surface area contributed by atoms with Gasteiger partial charge in [0.05, 0.1) is 0 Å². The number of benzene rings is 1. The highest BCUT2D eigenvalue weighted by Gasteiger charge is 2.11. The van der Waals surface area contributed by atoms with Crippen LogP contribution in [0, 0.1) is 0 Å². The largest absolute Gasteiger partial charge is 0.370 e. The van der Waals surface area contributed by atoms with Crippen molar-refractivity contribution in [1.29, 1.82) is 0 Å². The predicted molar refractivity (Wildman–Crippen MR) is 68.0 cm³/mol. The van der Waals surface area contributed by atoms with Crippen LogP contribution in [0.4, 0.5) is 5.69 Å². The van der Waals surface area contributed by atoms with Crippen molar-refractivity contribution in [3.63, 3.8) is 0 Å². The van der Waals surface area contributed by atoms with Crippen LogP contribution in [0.15, 0.2) is 29.2 Å². The first-order chi connectivity index (χ1) is 7.25. The first kappa shape index (κ1) is 10.8. The van der Waals surface area contributed by atoms with Crippen molar-refractivity contribution in [2.75, 3.05) is 38.1 Å². The summed E-state index contributed by atoms with van der Waals surface area (Å²) in [5.41, 5.74) is 1.32. The van der Waals surface area contributed by atoms with Crippen LogP contribution >= 0.6 is 12.6 Å². The van der Waals surface area contributed by atoms with E-state index in [-0.39, 0.29) is 0 Å². The molecule has 0 amide bonds. The third-order valence-corrected chi connectivity index (χ3v) is 3.23. The van der Waals surface area contributed by atoms with Crippen molar-refractivity contribution in [3.05, 3.63) is 24.3 Å². The van der Waals surface area contributed by atoms with E-state index in [1.54, 1.807) is 0 Å². The predicted octanol–water partition coefficient (Wildman–Crippen LogP) is 2.12. The summed E-state index contributed by atoms with van der Waals surface area (Å²) < 4.78 is 0. The Bertz CT molecular complexity index is 310. The van der Waals surface area contributed by atoms with Crippen LogP contribution in [0.1, 0.15) is 6.42 Å². The fourth-order valence-electron chi connectivity index (χ4n) is 1.97. The molecule has 15 heavy (non-hydrogen) atoms. The minimum atomic E-state index is 1.03. The van der Waals surface area contributed by atoms with E-state index in [2.05, 4.69) is 53.7 Å². The average molecular weight is 222 g/mol. The second-order valence-electron chi connectivity index (χ2n) is 4.16. The summed E-state index contributed by atoms with van der Waals surface area (Å²) in [6.45, 7) is 4.66. The number of thiol groups is 1. The van der Waals surface area contributed by atoms with E-state index in [1.165, 1.54) is 18.7 Å². The van der Waals surface area contributed by atoms with Crippen LogP contribution < -0.4 is 4.90 Å². The maximum absolute atomic E-state index is 4.30. The van der Waals surface area contributed by atoms with Crippen molar-refractivity contribution >= 4 is 18.3 Å². The molecule has 1 aliphatic rings. The van der Waals surface area contributed by atoms with E-state index in [0.29, 0.717) is 0 Å². The van der Waals surface area contributed by atoms with Crippen molar-refractivity contribution < 1.29 is 0 Å². The van der Waals surface area contributed by atoms with Gasteiger partial charge >= 0.3 is 0 Å². The number of rotatable bonds is 1. The van der Waals surface area contributed by atoms with Gasteiger partial charge in [-0.2, -0.15) is 0 Å². The Hall–Kier alpha value is -0.670. The van der Waals surface area contributed by atoms with Crippen molar-refractivity contribution in [3.8, 4) is 0 Å². The number of anilines is 1. The van der Waals surface area contributed by atoms with Gasteiger partial charge in [0.15, 0.2) is 0 Å². The molecule has 1 aromatic rings. The molecule has 0 aliphatic carbocycles. The van der Waals surface area contributed by atoms with Gasteiger partial charge in [0.2, 0.25) is 0 Å². The van der Waals surface area contributed by atoms with Crippen LogP contribution in [0.5, 0.6) is 0 Å². The molecule has 0 saturated carbocycles. The lowest BCUT2D eigenvalue weighted by molar-refractivity contribution is 0.360. The number of nitrogens with zero attached hydrogens (tertiary/aromatic N) is 2. The van der Waals surface area contributed by atoms with E-state index in [0.717, 1.165) is 24.5 Å². The van der Waals surface area contributed by atoms with Crippen LogP contribution in [-0.2, 0) is 0 Å². The molecular weight excluding hydrogens is 204 g/mol. The fraction of sp³-hybridized carbons (Fsp3) is 0.500. The van der Waals surface area contributed by atoms with Gasteiger partial charge in [0, 0.05) is 30.2 Å². The summed E-state index contributed by atoms with van der Waals surface area (Å²) >= 11 is 4.30. The molecule has 0 radical (unpaired) electrons. The zero-order chi connectivity index (χ0) is 10.7. The number of hydrogen-bond donors (Lipinski definition) is 1. The molecule has 1 fully saturated rings. The topological polar surface area (TPSA) is 6.48 Å². The number of hydrogen-bond acceptors (Lipinski definition) is 3. The molecule has 1 aromatic carbocycles. The molecule has 2 nitrogen and oxygen atoms in total. The second kappa shape index (κ2) is 4.90. The van der Waals surface area contributed by atoms with Gasteiger partial charge in [0.25, 0.3) is 0 Å². The van der Waals surface area contributed by atoms with Crippen molar-refractivity contribution in [2.45, 2.75) is 11.3 Å². The first-order valence-electron chi connectivity index (χ1n) is 5.48. The van der Waals surface area contributed by atoms with Gasteiger partial charge in [0.1, 0.15) is 0 Å². The summed E-state index contributed by atoms with van der Waals surface area (Å²) in [4.78, 5) is 5.88. The Morgan fingerprint density at radius 2 is 1.73 bits per heavy atom. The normalized spacial score (nSPS) is 18.9. The summed E-state index contributed by atoms with van der Waals surface area (Å²) in [7, 11) is 2.19. The lowest BCUT2D eigenvalue weighted by Gasteiger charge is -2.22. The molecule has 0 spiro atoms. The van der Waals surface area contributed by atoms with Gasteiger partial charge in [-0.15, -0.1) is 12.6 Å². The molecule has 0 aromatic heterocycles. The van der Waals surface area contributed by atoms with E-state index in [4.69, 9.17) is 0 Å². The van der Waals surface area contributed by atoms with Crippen molar-refractivity contribution in [2.24, 2.45) is 0 Å². The summed E-state index contributed by atoms with van der Waals surface area (Å²) in [6, 6.07) is 8.45. The van der Waals surface area contributed by atoms with E-state index in [9.17, 15) is 0 Å². The molecule has 0 unspecified atom stereocenters. The maximum Gasteiger partial charge on any atom is 0.0367 e. The highest BCUT2D eigenvalue weighted by molar-refractivity contribution is 7.80. The van der Waals surface area contributed by atoms with Crippen LogP contribution in [0.2, 0.25) is 0 Å². The van der Waals surface area contributed by atoms with Gasteiger partial charge in [-0.05, 0) is 44.3 Å². The van der Waals surface area contributed by atoms with Crippen LogP contribution in [0.25, 0.3) is 0 Å². The smallest absolute Gasteiger partial charge is 0.0367 e. The Morgan fingerprint density at radius 3 is 2.47 bits per heavy atom. The highest BCUT2D eigenvalue weighted by Crippen LogP contribution is 2.18. The third kappa shape index (κ3) is 2.89. The fourth-order valence-corrected chi connectivity index (χ4v) is 2.12. The Morgan fingerprint density at radius 1 is 1.00 bits per heavy atom. The third-order valence-electron chi connectivity index (χ3n) is 2.93. The number of likely N-dealkylation sites (N-methyl/N-ethyl adjacent to an activating group) is 1. The Labute approximate surface area is 97.3 Å². The van der Waals surface area contributed by atoms with Crippen LogP contribution in [-0.4, -0.2) is 38.1 Å². The van der Waals surface area contributed by atoms with Crippen molar-refractivity contribution in [1.82, 2.24) is 4.90 Å². The van der Waals surface area contributed by atoms with E-state index < -0.39 is 0 Å². The van der Waals surface area contributed by atoms with Gasteiger partial charge < -0.3 is 9.80 Å². The molecule has 0 bridgehead atoms. The molecule has 1 aliphatic heterocycles. The van der Waals surface area contributed by atoms with E-state index >= 15 is 0 Å². The minimum absolute atomic E-state index is 1.03. The average Bonchev–Trinajstić information content (AvgIpc) is 2.44. The summed E-state index contributed by atoms with van der Waals surface area (Å²) in [6.07, 6.45) is 1.25. The maximum atomic E-state index is 4.30. The second-order valence-corrected chi connectivity index (χ2v) is 4.68. The molecule has 0 atom stereocenters. The molecule has 3 heteroatoms. The molecule has 2 rings (SSSR count). The zero-order valence-electron chi connectivity index (χ0n) is 9.19. The molecule has 1 heterocycles. The monoisotopic (exact) mass is 222 g/mol.